The molecule has 0 N–H and O–H groups in total. The number of rotatable bonds is 4. The highest BCUT2D eigenvalue weighted by atomic mass is 15.5. The lowest BCUT2D eigenvalue weighted by molar-refractivity contribution is 0.343. The van der Waals surface area contributed by atoms with Gasteiger partial charge in [0, 0.05) is 0 Å². The summed E-state index contributed by atoms with van der Waals surface area (Å²) in [6.07, 6.45) is 2.72. The van der Waals surface area contributed by atoms with Crippen molar-refractivity contribution in [3.05, 3.63) is 6.33 Å². The number of hydrogen-bond acceptors (Lipinski definition) is 4. The third-order valence-electron chi connectivity index (χ3n) is 1.81. The van der Waals surface area contributed by atoms with Crippen LogP contribution < -0.4 is 0 Å². The second-order valence-corrected chi connectivity index (χ2v) is 3.23. The van der Waals surface area contributed by atoms with Gasteiger partial charge in [-0.05, 0) is 44.4 Å². The summed E-state index contributed by atoms with van der Waals surface area (Å²) < 4.78 is 1.78. The Hall–Kier alpha value is -0.970. The fraction of sp³-hybridized carbons (Fsp3) is 0.857. The zero-order chi connectivity index (χ0) is 8.97. The highest BCUT2D eigenvalue weighted by Gasteiger charge is 2.05. The molecule has 1 rings (SSSR count). The van der Waals surface area contributed by atoms with Crippen molar-refractivity contribution in [2.45, 2.75) is 19.4 Å². The number of nitrogens with zero attached hydrogens (tertiary/aromatic N) is 5. The van der Waals surface area contributed by atoms with Gasteiger partial charge in [-0.25, -0.2) is 4.68 Å². The van der Waals surface area contributed by atoms with Crippen LogP contribution in [0.5, 0.6) is 0 Å². The van der Waals surface area contributed by atoms with Crippen LogP contribution in [0.2, 0.25) is 0 Å². The van der Waals surface area contributed by atoms with Crippen molar-refractivity contribution >= 4 is 0 Å². The van der Waals surface area contributed by atoms with Crippen molar-refractivity contribution in [2.24, 2.45) is 0 Å². The van der Waals surface area contributed by atoms with Gasteiger partial charge in [-0.3, -0.25) is 0 Å². The van der Waals surface area contributed by atoms with Gasteiger partial charge in [0.2, 0.25) is 0 Å². The van der Waals surface area contributed by atoms with E-state index >= 15 is 0 Å². The van der Waals surface area contributed by atoms with Gasteiger partial charge in [0.15, 0.2) is 0 Å². The molecule has 0 aromatic carbocycles. The fourth-order valence-electron chi connectivity index (χ4n) is 0.948. The molecule has 0 aliphatic carbocycles. The molecule has 0 aliphatic heterocycles. The number of hydrogen-bond donors (Lipinski definition) is 0. The molecular weight excluding hydrogens is 154 g/mol. The van der Waals surface area contributed by atoms with Crippen LogP contribution in [0.4, 0.5) is 0 Å². The molecule has 1 heterocycles. The molecule has 68 valence electrons. The van der Waals surface area contributed by atoms with Gasteiger partial charge >= 0.3 is 0 Å². The van der Waals surface area contributed by atoms with E-state index in [4.69, 9.17) is 0 Å². The first-order valence-electron chi connectivity index (χ1n) is 4.07. The van der Waals surface area contributed by atoms with Gasteiger partial charge in [-0.15, -0.1) is 5.10 Å². The molecule has 0 saturated heterocycles. The Bertz CT molecular complexity index is 206. The third-order valence-corrected chi connectivity index (χ3v) is 1.81. The van der Waals surface area contributed by atoms with Gasteiger partial charge < -0.3 is 4.90 Å². The number of aromatic nitrogens is 4. The first-order chi connectivity index (χ1) is 5.70. The van der Waals surface area contributed by atoms with E-state index in [1.807, 2.05) is 0 Å². The predicted octanol–water partition coefficient (Wildman–Crippen LogP) is 0.186. The Morgan fingerprint density at radius 1 is 1.50 bits per heavy atom. The van der Waals surface area contributed by atoms with Crippen molar-refractivity contribution in [2.75, 3.05) is 20.6 Å². The molecule has 5 heteroatoms. The molecular formula is C7H15N5. The van der Waals surface area contributed by atoms with Crippen molar-refractivity contribution in [1.29, 1.82) is 0 Å². The van der Waals surface area contributed by atoms with Crippen LogP contribution in [-0.4, -0.2) is 45.7 Å². The van der Waals surface area contributed by atoms with E-state index in [0.29, 0.717) is 6.04 Å². The molecule has 1 aromatic heterocycles. The minimum absolute atomic E-state index is 0.377. The lowest BCUT2D eigenvalue weighted by Gasteiger charge is -2.13. The topological polar surface area (TPSA) is 46.8 Å². The summed E-state index contributed by atoms with van der Waals surface area (Å²) in [4.78, 5) is 2.15. The quantitative estimate of drug-likeness (QED) is 0.645. The smallest absolute Gasteiger partial charge is 0.138 e. The van der Waals surface area contributed by atoms with Crippen LogP contribution in [0, 0.1) is 0 Å². The zero-order valence-electron chi connectivity index (χ0n) is 7.80. The summed E-state index contributed by atoms with van der Waals surface area (Å²) in [5.41, 5.74) is 0. The van der Waals surface area contributed by atoms with E-state index in [0.717, 1.165) is 13.0 Å². The lowest BCUT2D eigenvalue weighted by Crippen LogP contribution is -2.17. The molecule has 0 amide bonds. The van der Waals surface area contributed by atoms with Crippen LogP contribution in [0.3, 0.4) is 0 Å². The average molecular weight is 169 g/mol. The molecule has 0 spiro atoms. The molecule has 1 aromatic rings. The lowest BCUT2D eigenvalue weighted by atomic mass is 10.2. The minimum atomic E-state index is 0.377. The maximum Gasteiger partial charge on any atom is 0.138 e. The summed E-state index contributed by atoms with van der Waals surface area (Å²) in [5, 5.41) is 11.0. The van der Waals surface area contributed by atoms with Gasteiger partial charge in [-0.1, -0.05) is 0 Å². The second kappa shape index (κ2) is 4.15. The first-order valence-corrected chi connectivity index (χ1v) is 4.07. The summed E-state index contributed by atoms with van der Waals surface area (Å²) in [6.45, 7) is 3.17. The predicted molar refractivity (Wildman–Crippen MR) is 45.7 cm³/mol. The number of tetrazole rings is 1. The standard InChI is InChI=1S/C7H15N5/c1-7(4-5-11(2)3)12-6-8-9-10-12/h6-7H,4-5H2,1-3H3. The maximum absolute atomic E-state index is 3.83. The van der Waals surface area contributed by atoms with Gasteiger partial charge in [0.25, 0.3) is 0 Å². The summed E-state index contributed by atoms with van der Waals surface area (Å²) >= 11 is 0. The Kier molecular flexibility index (Phi) is 3.16. The minimum Gasteiger partial charge on any atom is -0.309 e. The molecule has 0 saturated carbocycles. The van der Waals surface area contributed by atoms with E-state index in [-0.39, 0.29) is 0 Å². The largest absolute Gasteiger partial charge is 0.309 e. The molecule has 5 nitrogen and oxygen atoms in total. The van der Waals surface area contributed by atoms with E-state index in [9.17, 15) is 0 Å². The van der Waals surface area contributed by atoms with E-state index in [1.54, 1.807) is 11.0 Å². The SMILES string of the molecule is CC(CCN(C)C)n1cnnn1. The second-order valence-electron chi connectivity index (χ2n) is 3.23. The Morgan fingerprint density at radius 2 is 2.25 bits per heavy atom. The molecule has 0 radical (unpaired) electrons. The van der Waals surface area contributed by atoms with Crippen molar-refractivity contribution < 1.29 is 0 Å². The van der Waals surface area contributed by atoms with E-state index in [2.05, 4.69) is 41.4 Å². The van der Waals surface area contributed by atoms with Crippen LogP contribution in [0.25, 0.3) is 0 Å². The Labute approximate surface area is 72.4 Å². The van der Waals surface area contributed by atoms with Gasteiger partial charge in [-0.2, -0.15) is 0 Å². The van der Waals surface area contributed by atoms with E-state index < -0.39 is 0 Å². The third kappa shape index (κ3) is 2.58. The van der Waals surface area contributed by atoms with Gasteiger partial charge in [0.05, 0.1) is 6.04 Å². The molecule has 0 bridgehead atoms. The molecule has 0 fully saturated rings. The Balaban J connectivity index is 2.34. The molecule has 1 unspecified atom stereocenters. The molecule has 12 heavy (non-hydrogen) atoms. The van der Waals surface area contributed by atoms with Crippen LogP contribution >= 0.6 is 0 Å². The van der Waals surface area contributed by atoms with Crippen molar-refractivity contribution in [1.82, 2.24) is 25.1 Å². The van der Waals surface area contributed by atoms with Crippen LogP contribution in [-0.2, 0) is 0 Å². The summed E-state index contributed by atoms with van der Waals surface area (Å²) in [6, 6.07) is 0.377. The summed E-state index contributed by atoms with van der Waals surface area (Å²) in [5.74, 6) is 0. The van der Waals surface area contributed by atoms with Crippen LogP contribution in [0.15, 0.2) is 6.33 Å². The molecule has 1 atom stereocenters. The van der Waals surface area contributed by atoms with E-state index in [1.165, 1.54) is 0 Å². The molecule has 0 aliphatic rings. The van der Waals surface area contributed by atoms with Crippen molar-refractivity contribution in [3.8, 4) is 0 Å². The monoisotopic (exact) mass is 169 g/mol. The first kappa shape index (κ1) is 9.12. The van der Waals surface area contributed by atoms with Gasteiger partial charge in [0.1, 0.15) is 6.33 Å². The highest BCUT2D eigenvalue weighted by molar-refractivity contribution is 4.61. The maximum atomic E-state index is 3.83. The van der Waals surface area contributed by atoms with Crippen LogP contribution in [0.1, 0.15) is 19.4 Å². The van der Waals surface area contributed by atoms with Crippen molar-refractivity contribution in [3.63, 3.8) is 0 Å². The highest BCUT2D eigenvalue weighted by Crippen LogP contribution is 2.06. The normalized spacial score (nSPS) is 13.7. The Morgan fingerprint density at radius 3 is 2.75 bits per heavy atom. The zero-order valence-corrected chi connectivity index (χ0v) is 7.80. The fourth-order valence-corrected chi connectivity index (χ4v) is 0.948. The summed E-state index contributed by atoms with van der Waals surface area (Å²) in [7, 11) is 4.12. The average Bonchev–Trinajstić information content (AvgIpc) is 2.51.